The summed E-state index contributed by atoms with van der Waals surface area (Å²) in [7, 11) is -14.0. The summed E-state index contributed by atoms with van der Waals surface area (Å²) in [5, 5.41) is 14.8. The molecule has 1 aliphatic rings. The predicted octanol–water partition coefficient (Wildman–Crippen LogP) is 3.92. The highest BCUT2D eigenvalue weighted by molar-refractivity contribution is 8.76. The summed E-state index contributed by atoms with van der Waals surface area (Å²) in [6, 6.07) is 12.5. The summed E-state index contributed by atoms with van der Waals surface area (Å²) in [6.07, 6.45) is -0.0922. The molecular weight excluding hydrogens is 783 g/mol. The normalized spacial score (nSPS) is 20.0. The van der Waals surface area contributed by atoms with Gasteiger partial charge in [0.15, 0.2) is 0 Å². The molecule has 1 fully saturated rings. The van der Waals surface area contributed by atoms with E-state index in [2.05, 4.69) is 23.9 Å². The van der Waals surface area contributed by atoms with Crippen molar-refractivity contribution >= 4 is 62.5 Å². The number of hydrogen-bond donors (Lipinski definition) is 5. The molecular formula is C25H30N5O16P3S2. The number of anilines is 1. The van der Waals surface area contributed by atoms with Crippen molar-refractivity contribution in [3.63, 3.8) is 0 Å². The summed E-state index contributed by atoms with van der Waals surface area (Å²) in [5.74, 6) is 0.241. The molecule has 21 nitrogen and oxygen atoms in total. The van der Waals surface area contributed by atoms with E-state index in [0.717, 1.165) is 9.59 Å². The standard InChI is InChI=1S/C25H30N5O16P3S2/c31-22(8-5-13-50-51-23-9-3-4-11-26-23)27-21-10-12-29(25(32)28-21)24-14-19(42-15-17-6-1-2-7-18(17)30(33)34)20(44-24)16-43-48(38,39)46-49(40,41)45-47(35,36)37/h1-4,6-7,9-12,19-20,24H,5,8,13-16H2,(H,38,39)(H,40,41)(H2,35,36,37)(H,27,28,31,32). The van der Waals surface area contributed by atoms with Crippen LogP contribution < -0.4 is 11.0 Å². The van der Waals surface area contributed by atoms with Crippen molar-refractivity contribution in [3.05, 3.63) is 87.1 Å². The monoisotopic (exact) mass is 813 g/mol. The molecule has 3 heterocycles. The number of phosphoric ester groups is 1. The van der Waals surface area contributed by atoms with Crippen molar-refractivity contribution in [2.45, 2.75) is 49.3 Å². The second-order valence-electron chi connectivity index (χ2n) is 10.2. The van der Waals surface area contributed by atoms with Crippen molar-refractivity contribution < 1.29 is 65.6 Å². The molecule has 5 atom stereocenters. The molecule has 26 heteroatoms. The zero-order valence-corrected chi connectivity index (χ0v) is 30.2. The predicted molar refractivity (Wildman–Crippen MR) is 179 cm³/mol. The molecule has 2 aromatic heterocycles. The van der Waals surface area contributed by atoms with E-state index >= 15 is 0 Å². The van der Waals surface area contributed by atoms with Gasteiger partial charge in [0.25, 0.3) is 5.69 Å². The van der Waals surface area contributed by atoms with Gasteiger partial charge in [0.05, 0.1) is 29.8 Å². The maximum Gasteiger partial charge on any atom is 0.490 e. The van der Waals surface area contributed by atoms with Crippen LogP contribution in [0.1, 0.15) is 31.1 Å². The highest BCUT2D eigenvalue weighted by Gasteiger charge is 2.43. The molecule has 0 radical (unpaired) electrons. The zero-order chi connectivity index (χ0) is 37.2. The molecule has 0 spiro atoms. The number of nitro benzene ring substituents is 1. The van der Waals surface area contributed by atoms with Crippen molar-refractivity contribution in [2.24, 2.45) is 0 Å². The topological polar surface area (TPSA) is 298 Å². The number of aromatic nitrogens is 3. The number of carbonyl (C=O) groups is 1. The first-order valence-electron chi connectivity index (χ1n) is 14.4. The van der Waals surface area contributed by atoms with Gasteiger partial charge in [0.1, 0.15) is 23.2 Å². The number of phosphoric acid groups is 3. The van der Waals surface area contributed by atoms with Crippen molar-refractivity contribution in [1.29, 1.82) is 0 Å². The number of nitrogens with zero attached hydrogens (tertiary/aromatic N) is 4. The first kappa shape index (κ1) is 40.9. The van der Waals surface area contributed by atoms with Crippen LogP contribution in [0.4, 0.5) is 11.5 Å². The van der Waals surface area contributed by atoms with Gasteiger partial charge < -0.3 is 34.4 Å². The third-order valence-electron chi connectivity index (χ3n) is 6.46. The average Bonchev–Trinajstić information content (AvgIpc) is 3.44. The molecule has 0 saturated carbocycles. The van der Waals surface area contributed by atoms with Gasteiger partial charge in [-0.3, -0.25) is 24.0 Å². The molecule has 5 N–H and O–H groups in total. The molecule has 5 unspecified atom stereocenters. The van der Waals surface area contributed by atoms with Crippen molar-refractivity contribution in [1.82, 2.24) is 14.5 Å². The Morgan fingerprint density at radius 1 is 1.08 bits per heavy atom. The Balaban J connectivity index is 1.39. The van der Waals surface area contributed by atoms with E-state index in [1.165, 1.54) is 58.1 Å². The van der Waals surface area contributed by atoms with Gasteiger partial charge in [-0.25, -0.2) is 23.5 Å². The molecule has 1 amide bonds. The number of para-hydroxylation sites is 1. The average molecular weight is 814 g/mol. The van der Waals surface area contributed by atoms with Gasteiger partial charge in [-0.1, -0.05) is 29.0 Å². The summed E-state index contributed by atoms with van der Waals surface area (Å²) < 4.78 is 59.8. The minimum atomic E-state index is -5.81. The van der Waals surface area contributed by atoms with Crippen molar-refractivity contribution in [3.8, 4) is 0 Å². The Morgan fingerprint density at radius 2 is 1.82 bits per heavy atom. The van der Waals surface area contributed by atoms with E-state index < -0.39 is 59.1 Å². The van der Waals surface area contributed by atoms with Crippen LogP contribution in [0.2, 0.25) is 0 Å². The molecule has 1 aromatic carbocycles. The van der Waals surface area contributed by atoms with Gasteiger partial charge >= 0.3 is 29.2 Å². The van der Waals surface area contributed by atoms with Crippen LogP contribution >= 0.6 is 45.1 Å². The van der Waals surface area contributed by atoms with Crippen LogP contribution in [0, 0.1) is 10.1 Å². The van der Waals surface area contributed by atoms with Gasteiger partial charge in [-0.05, 0) is 41.5 Å². The second kappa shape index (κ2) is 18.3. The molecule has 4 rings (SSSR count). The highest BCUT2D eigenvalue weighted by Crippen LogP contribution is 2.66. The number of pyridine rings is 1. The highest BCUT2D eigenvalue weighted by atomic mass is 33.1. The largest absolute Gasteiger partial charge is 0.490 e. The lowest BCUT2D eigenvalue weighted by atomic mass is 10.1. The Bertz CT molecular complexity index is 1890. The first-order valence-corrected chi connectivity index (χ1v) is 21.2. The van der Waals surface area contributed by atoms with Gasteiger partial charge in [0.2, 0.25) is 5.91 Å². The quantitative estimate of drug-likeness (QED) is 0.0376. The first-order chi connectivity index (χ1) is 24.0. The van der Waals surface area contributed by atoms with Crippen LogP contribution in [0.3, 0.4) is 0 Å². The summed E-state index contributed by atoms with van der Waals surface area (Å²) in [4.78, 5) is 81.1. The van der Waals surface area contributed by atoms with Crippen LogP contribution in [-0.4, -0.2) is 69.5 Å². The zero-order valence-electron chi connectivity index (χ0n) is 25.9. The van der Waals surface area contributed by atoms with E-state index in [-0.39, 0.29) is 42.4 Å². The van der Waals surface area contributed by atoms with Crippen LogP contribution in [0.15, 0.2) is 70.7 Å². The maximum absolute atomic E-state index is 13.0. The van der Waals surface area contributed by atoms with E-state index in [4.69, 9.17) is 23.8 Å². The molecule has 0 aliphatic carbocycles. The van der Waals surface area contributed by atoms with Crippen molar-refractivity contribution in [2.75, 3.05) is 17.7 Å². The summed E-state index contributed by atoms with van der Waals surface area (Å²) in [5.41, 5.74) is -0.980. The van der Waals surface area contributed by atoms with Gasteiger partial charge in [-0.15, -0.1) is 0 Å². The molecule has 3 aromatic rings. The SMILES string of the molecule is O=C(CCCSSc1ccccn1)Nc1ccn(C2CC(OCc3ccccc3[N+](=O)[O-])C(COP(=O)(O)OP(=O)(O)OP(=O)(O)O)O2)c(=O)n1. The Kier molecular flexibility index (Phi) is 14.7. The number of nitro groups is 1. The lowest BCUT2D eigenvalue weighted by Gasteiger charge is -2.21. The van der Waals surface area contributed by atoms with E-state index in [0.29, 0.717) is 12.2 Å². The molecule has 51 heavy (non-hydrogen) atoms. The number of amides is 1. The number of rotatable bonds is 19. The van der Waals surface area contributed by atoms with E-state index in [1.807, 2.05) is 18.2 Å². The van der Waals surface area contributed by atoms with Gasteiger partial charge in [0, 0.05) is 37.1 Å². The number of benzene rings is 1. The van der Waals surface area contributed by atoms with Crippen LogP contribution in [-0.2, 0) is 47.7 Å². The molecule has 278 valence electrons. The summed E-state index contributed by atoms with van der Waals surface area (Å²) >= 11 is 0. The molecule has 1 aliphatic heterocycles. The maximum atomic E-state index is 13.0. The number of hydrogen-bond acceptors (Lipinski definition) is 16. The lowest BCUT2D eigenvalue weighted by molar-refractivity contribution is -0.386. The van der Waals surface area contributed by atoms with Gasteiger partial charge in [-0.2, -0.15) is 13.6 Å². The fourth-order valence-electron chi connectivity index (χ4n) is 4.37. The number of carbonyl (C=O) groups excluding carboxylic acids is 1. The minimum absolute atomic E-state index is 0.0387. The summed E-state index contributed by atoms with van der Waals surface area (Å²) in [6.45, 7) is -1.28. The fraction of sp³-hybridized carbons (Fsp3) is 0.360. The smallest absolute Gasteiger partial charge is 0.370 e. The fourth-order valence-corrected chi connectivity index (χ4v) is 9.37. The number of nitrogens with one attached hydrogen (secondary N) is 1. The van der Waals surface area contributed by atoms with Crippen LogP contribution in [0.25, 0.3) is 0 Å². The minimum Gasteiger partial charge on any atom is -0.370 e. The van der Waals surface area contributed by atoms with Crippen LogP contribution in [0.5, 0.6) is 0 Å². The Hall–Kier alpha value is -2.85. The van der Waals surface area contributed by atoms with E-state index in [9.17, 15) is 43.2 Å². The Morgan fingerprint density at radius 3 is 2.51 bits per heavy atom. The number of ether oxygens (including phenoxy) is 2. The third-order valence-corrected chi connectivity index (χ3v) is 12.6. The second-order valence-corrected chi connectivity index (χ2v) is 17.1. The third kappa shape index (κ3) is 13.6. The lowest BCUT2D eigenvalue weighted by Crippen LogP contribution is -2.29. The molecule has 0 bridgehead atoms. The van der Waals surface area contributed by atoms with E-state index in [1.54, 1.807) is 6.20 Å². The Labute approximate surface area is 296 Å². The molecule has 1 saturated heterocycles.